The van der Waals surface area contributed by atoms with Crippen LogP contribution in [-0.2, 0) is 4.79 Å². The minimum absolute atomic E-state index is 0.182. The average molecular weight is 435 g/mol. The second kappa shape index (κ2) is 9.02. The third-order valence-corrected chi connectivity index (χ3v) is 5.17. The van der Waals surface area contributed by atoms with Crippen LogP contribution in [0.15, 0.2) is 77.9 Å². The largest absolute Gasteiger partial charge is 0.481 e. The Hall–Kier alpha value is -3.64. The number of rotatable bonds is 7. The average Bonchev–Trinajstić information content (AvgIpc) is 3.28. The fourth-order valence-electron chi connectivity index (χ4n) is 3.37. The van der Waals surface area contributed by atoms with Crippen LogP contribution in [0, 0.1) is 5.92 Å². The van der Waals surface area contributed by atoms with Crippen LogP contribution in [0.1, 0.15) is 10.4 Å². The minimum atomic E-state index is -1.11. The molecule has 0 saturated heterocycles. The molecule has 1 atom stereocenters. The maximum Gasteiger partial charge on any atom is 0.341 e. The number of aliphatic carboxylic acids is 1. The molecule has 3 aromatic carbocycles. The van der Waals surface area contributed by atoms with E-state index in [4.69, 9.17) is 21.4 Å². The minimum Gasteiger partial charge on any atom is -0.481 e. The number of ether oxygens (including phenoxy) is 1. The fourth-order valence-corrected chi connectivity index (χ4v) is 3.50. The Morgan fingerprint density at radius 3 is 2.45 bits per heavy atom. The van der Waals surface area contributed by atoms with Gasteiger partial charge in [-0.2, -0.15) is 5.10 Å². The molecular formula is C24H19ClN2O4. The first kappa shape index (κ1) is 20.6. The van der Waals surface area contributed by atoms with Gasteiger partial charge in [0.05, 0.1) is 23.7 Å². The Morgan fingerprint density at radius 1 is 1.03 bits per heavy atom. The number of hydrogen-bond donors (Lipinski definition) is 1. The summed E-state index contributed by atoms with van der Waals surface area (Å²) >= 11 is 5.98. The summed E-state index contributed by atoms with van der Waals surface area (Å²) in [5, 5.41) is 15.7. The predicted octanol–water partition coefficient (Wildman–Crippen LogP) is 4.78. The van der Waals surface area contributed by atoms with Gasteiger partial charge in [-0.1, -0.05) is 48.0 Å². The van der Waals surface area contributed by atoms with Gasteiger partial charge in [-0.3, -0.25) is 9.80 Å². The molecule has 0 spiro atoms. The maximum absolute atomic E-state index is 13.4. The molecule has 0 radical (unpaired) electrons. The van der Waals surface area contributed by atoms with Crippen molar-refractivity contribution in [3.05, 3.63) is 83.4 Å². The molecule has 4 rings (SSSR count). The standard InChI is InChI=1S/C24H19ClN2O4/c25-19-9-6-16(7-10-19)17-8-11-22(31-15-23(28)29)21(12-17)24(30)18-13-26-27(14-18)20-4-2-1-3-5-20/h1-13,18H,14-15H2,(H,28,29). The van der Waals surface area contributed by atoms with E-state index in [0.29, 0.717) is 17.1 Å². The lowest BCUT2D eigenvalue weighted by Crippen LogP contribution is -2.24. The van der Waals surface area contributed by atoms with Gasteiger partial charge in [-0.25, -0.2) is 4.79 Å². The molecular weight excluding hydrogens is 416 g/mol. The monoisotopic (exact) mass is 434 g/mol. The number of nitrogens with zero attached hydrogens (tertiary/aromatic N) is 2. The van der Waals surface area contributed by atoms with E-state index >= 15 is 0 Å². The zero-order chi connectivity index (χ0) is 21.8. The Labute approximate surface area is 184 Å². The van der Waals surface area contributed by atoms with E-state index in [2.05, 4.69) is 5.10 Å². The van der Waals surface area contributed by atoms with Gasteiger partial charge in [-0.05, 0) is 47.5 Å². The van der Waals surface area contributed by atoms with E-state index in [1.165, 1.54) is 0 Å². The van der Waals surface area contributed by atoms with E-state index in [9.17, 15) is 9.59 Å². The number of hydrazone groups is 1. The number of Topliss-reactive ketones (excluding diaryl/α,β-unsaturated/α-hetero) is 1. The fraction of sp³-hybridized carbons (Fsp3) is 0.125. The molecule has 1 aliphatic rings. The number of halogens is 1. The summed E-state index contributed by atoms with van der Waals surface area (Å²) in [7, 11) is 0. The van der Waals surface area contributed by atoms with Gasteiger partial charge < -0.3 is 9.84 Å². The summed E-state index contributed by atoms with van der Waals surface area (Å²) in [6.45, 7) is -0.137. The number of carbonyl (C=O) groups is 2. The number of carbonyl (C=O) groups excluding carboxylic acids is 1. The third-order valence-electron chi connectivity index (χ3n) is 4.92. The predicted molar refractivity (Wildman–Crippen MR) is 120 cm³/mol. The number of hydrogen-bond acceptors (Lipinski definition) is 5. The lowest BCUT2D eigenvalue weighted by atomic mass is 9.94. The van der Waals surface area contributed by atoms with Crippen LogP contribution in [0.2, 0.25) is 5.02 Å². The van der Waals surface area contributed by atoms with Gasteiger partial charge in [0, 0.05) is 11.2 Å². The number of carboxylic acids is 1. The topological polar surface area (TPSA) is 79.2 Å². The van der Waals surface area contributed by atoms with Gasteiger partial charge in [0.1, 0.15) is 5.75 Å². The SMILES string of the molecule is O=C(O)COc1ccc(-c2ccc(Cl)cc2)cc1C(=O)C1C=NN(c2ccccc2)C1. The van der Waals surface area contributed by atoms with Crippen molar-refractivity contribution in [1.82, 2.24) is 0 Å². The Balaban J connectivity index is 1.63. The van der Waals surface area contributed by atoms with Crippen molar-refractivity contribution in [2.24, 2.45) is 11.0 Å². The number of ketones is 1. The van der Waals surface area contributed by atoms with Gasteiger partial charge in [0.2, 0.25) is 0 Å². The second-order valence-corrected chi connectivity index (χ2v) is 7.49. The van der Waals surface area contributed by atoms with E-state index in [0.717, 1.165) is 16.8 Å². The summed E-state index contributed by atoms with van der Waals surface area (Å²) < 4.78 is 5.40. The van der Waals surface area contributed by atoms with Crippen molar-refractivity contribution in [3.63, 3.8) is 0 Å². The maximum atomic E-state index is 13.4. The molecule has 156 valence electrons. The van der Waals surface area contributed by atoms with Crippen molar-refractivity contribution < 1.29 is 19.4 Å². The molecule has 1 heterocycles. The molecule has 7 heteroatoms. The molecule has 0 fully saturated rings. The molecule has 1 unspecified atom stereocenters. The van der Waals surface area contributed by atoms with Crippen molar-refractivity contribution in [3.8, 4) is 16.9 Å². The Kier molecular flexibility index (Phi) is 6.00. The van der Waals surface area contributed by atoms with Crippen molar-refractivity contribution in [2.75, 3.05) is 18.2 Å². The van der Waals surface area contributed by atoms with Gasteiger partial charge in [0.25, 0.3) is 0 Å². The quantitative estimate of drug-likeness (QED) is 0.541. The normalized spacial score (nSPS) is 15.1. The molecule has 3 aromatic rings. The van der Waals surface area contributed by atoms with Gasteiger partial charge >= 0.3 is 5.97 Å². The highest BCUT2D eigenvalue weighted by molar-refractivity contribution is 6.30. The molecule has 0 saturated carbocycles. The van der Waals surface area contributed by atoms with Crippen LogP contribution < -0.4 is 9.75 Å². The van der Waals surface area contributed by atoms with Crippen LogP contribution in [0.5, 0.6) is 5.75 Å². The van der Waals surface area contributed by atoms with Crippen LogP contribution >= 0.6 is 11.6 Å². The zero-order valence-corrected chi connectivity index (χ0v) is 17.2. The third kappa shape index (κ3) is 4.75. The molecule has 1 N–H and O–H groups in total. The van der Waals surface area contributed by atoms with Crippen LogP contribution in [-0.4, -0.2) is 36.2 Å². The van der Waals surface area contributed by atoms with Gasteiger partial charge in [-0.15, -0.1) is 0 Å². The summed E-state index contributed by atoms with van der Waals surface area (Å²) in [5.74, 6) is -1.54. The number of benzene rings is 3. The highest BCUT2D eigenvalue weighted by Gasteiger charge is 2.28. The zero-order valence-electron chi connectivity index (χ0n) is 16.4. The summed E-state index contributed by atoms with van der Waals surface area (Å²) in [6.07, 6.45) is 1.62. The highest BCUT2D eigenvalue weighted by atomic mass is 35.5. The number of para-hydroxylation sites is 1. The van der Waals surface area contributed by atoms with Crippen molar-refractivity contribution in [2.45, 2.75) is 0 Å². The first-order valence-electron chi connectivity index (χ1n) is 9.67. The smallest absolute Gasteiger partial charge is 0.341 e. The summed E-state index contributed by atoms with van der Waals surface area (Å²) in [4.78, 5) is 24.3. The molecule has 6 nitrogen and oxygen atoms in total. The second-order valence-electron chi connectivity index (χ2n) is 7.05. The van der Waals surface area contributed by atoms with E-state index in [1.807, 2.05) is 42.5 Å². The lowest BCUT2D eigenvalue weighted by molar-refractivity contribution is -0.139. The van der Waals surface area contributed by atoms with Crippen LogP contribution in [0.25, 0.3) is 11.1 Å². The first-order chi connectivity index (χ1) is 15.0. The van der Waals surface area contributed by atoms with E-state index in [1.54, 1.807) is 41.6 Å². The van der Waals surface area contributed by atoms with Crippen LogP contribution in [0.4, 0.5) is 5.69 Å². The van der Waals surface area contributed by atoms with Crippen molar-refractivity contribution >= 4 is 35.3 Å². The molecule has 0 aliphatic carbocycles. The molecule has 31 heavy (non-hydrogen) atoms. The van der Waals surface area contributed by atoms with Crippen LogP contribution in [0.3, 0.4) is 0 Å². The van der Waals surface area contributed by atoms with E-state index < -0.39 is 18.5 Å². The molecule has 0 bridgehead atoms. The highest BCUT2D eigenvalue weighted by Crippen LogP contribution is 2.31. The summed E-state index contributed by atoms with van der Waals surface area (Å²) in [5.41, 5.74) is 2.90. The Bertz CT molecular complexity index is 1130. The number of anilines is 1. The lowest BCUT2D eigenvalue weighted by Gasteiger charge is -2.17. The van der Waals surface area contributed by atoms with E-state index in [-0.39, 0.29) is 11.5 Å². The molecule has 0 aromatic heterocycles. The molecule has 1 aliphatic heterocycles. The first-order valence-corrected chi connectivity index (χ1v) is 10.0. The van der Waals surface area contributed by atoms with Crippen molar-refractivity contribution in [1.29, 1.82) is 0 Å². The number of carboxylic acid groups (broad SMARTS) is 1. The molecule has 0 amide bonds. The van der Waals surface area contributed by atoms with Gasteiger partial charge in [0.15, 0.2) is 12.4 Å². The Morgan fingerprint density at radius 2 is 1.74 bits per heavy atom. The summed E-state index contributed by atoms with van der Waals surface area (Å²) in [6, 6.07) is 22.0.